The maximum Gasteiger partial charge on any atom is 0.397 e. The number of nitrogen functional groups attached to an aromatic ring is 1. The zero-order valence-corrected chi connectivity index (χ0v) is 18.0. The Labute approximate surface area is 187 Å². The number of rotatable bonds is 6. The molecular weight excluding hydrogens is 423 g/mol. The molecule has 0 saturated carbocycles. The summed E-state index contributed by atoms with van der Waals surface area (Å²) in [7, 11) is 0. The molecule has 1 saturated heterocycles. The third kappa shape index (κ3) is 5.74. The lowest BCUT2D eigenvalue weighted by molar-refractivity contribution is -0.163. The number of carbonyl (C=O) groups excluding carboxylic acids is 2. The largest absolute Gasteiger partial charge is 0.397 e. The predicted molar refractivity (Wildman–Crippen MR) is 118 cm³/mol. The summed E-state index contributed by atoms with van der Waals surface area (Å²) >= 11 is 0. The molecule has 7 nitrogen and oxygen atoms in total. The zero-order chi connectivity index (χ0) is 23.5. The summed E-state index contributed by atoms with van der Waals surface area (Å²) in [5, 5.41) is 0. The van der Waals surface area contributed by atoms with Crippen molar-refractivity contribution in [2.75, 3.05) is 30.3 Å². The molecule has 0 radical (unpaired) electrons. The molecule has 0 bridgehead atoms. The fourth-order valence-electron chi connectivity index (χ4n) is 3.88. The number of anilines is 2. The van der Waals surface area contributed by atoms with Crippen LogP contribution in [0.1, 0.15) is 45.6 Å². The fraction of sp³-hybridized carbons (Fsp3) is 0.455. The number of amides is 1. The molecule has 0 aromatic carbocycles. The first-order chi connectivity index (χ1) is 15.0. The average molecular weight is 454 g/mol. The molecular formula is C22H30F3N5O2. The molecule has 3 heterocycles. The number of hydrogen-bond donors (Lipinski definition) is 1. The first-order valence-corrected chi connectivity index (χ1v) is 10.4. The summed E-state index contributed by atoms with van der Waals surface area (Å²) in [6.07, 6.45) is -3.95. The molecule has 176 valence electrons. The Bertz CT molecular complexity index is 991. The lowest BCUT2D eigenvalue weighted by Gasteiger charge is -2.43. The van der Waals surface area contributed by atoms with Gasteiger partial charge in [-0.05, 0) is 36.6 Å². The van der Waals surface area contributed by atoms with Crippen LogP contribution in [0.3, 0.4) is 0 Å². The van der Waals surface area contributed by atoms with Crippen LogP contribution in [0.25, 0.3) is 0 Å². The third-order valence-electron chi connectivity index (χ3n) is 5.27. The molecule has 1 fully saturated rings. The molecule has 0 aliphatic carbocycles. The van der Waals surface area contributed by atoms with Gasteiger partial charge in [-0.1, -0.05) is 19.9 Å². The van der Waals surface area contributed by atoms with Crippen LogP contribution < -0.4 is 10.6 Å². The van der Waals surface area contributed by atoms with Crippen LogP contribution in [0.4, 0.5) is 24.8 Å². The van der Waals surface area contributed by atoms with Gasteiger partial charge in [-0.3, -0.25) is 9.59 Å². The lowest BCUT2D eigenvalue weighted by Crippen LogP contribution is -2.56. The number of hydrogen-bond acceptors (Lipinski definition) is 6. The number of nitrogens with zero attached hydrogens (tertiary/aromatic N) is 4. The molecule has 3 rings (SSSR count). The van der Waals surface area contributed by atoms with Crippen molar-refractivity contribution < 1.29 is 25.6 Å². The van der Waals surface area contributed by atoms with E-state index in [0.717, 1.165) is 0 Å². The second-order valence-corrected chi connectivity index (χ2v) is 8.25. The highest BCUT2D eigenvalue weighted by Gasteiger charge is 2.38. The first-order valence-electron chi connectivity index (χ1n) is 10.4. The van der Waals surface area contributed by atoms with Gasteiger partial charge in [-0.15, -0.1) is 0 Å². The number of piperazine rings is 1. The summed E-state index contributed by atoms with van der Waals surface area (Å²) in [5.74, 6) is -0.453. The predicted octanol–water partition coefficient (Wildman–Crippen LogP) is 3.80. The monoisotopic (exact) mass is 453 g/mol. The maximum absolute atomic E-state index is 12.8. The van der Waals surface area contributed by atoms with E-state index >= 15 is 0 Å². The SMILES string of the molecule is CC(C)C[C@H]1CN(c2cccc(C(=O)c3cccnc3N)n2)CCN1C(=O)CC(F)(F)F.[HH].[HH]. The Balaban J connectivity index is 0.00000289. The van der Waals surface area contributed by atoms with E-state index in [0.29, 0.717) is 25.3 Å². The number of pyridine rings is 2. The van der Waals surface area contributed by atoms with Crippen molar-refractivity contribution in [1.29, 1.82) is 0 Å². The van der Waals surface area contributed by atoms with Crippen molar-refractivity contribution in [1.82, 2.24) is 14.9 Å². The van der Waals surface area contributed by atoms with Gasteiger partial charge < -0.3 is 15.5 Å². The van der Waals surface area contributed by atoms with Gasteiger partial charge in [0.2, 0.25) is 11.7 Å². The molecule has 1 atom stereocenters. The quantitative estimate of drug-likeness (QED) is 0.669. The van der Waals surface area contributed by atoms with Gasteiger partial charge in [-0.2, -0.15) is 13.2 Å². The molecule has 32 heavy (non-hydrogen) atoms. The Morgan fingerprint density at radius 1 is 1.22 bits per heavy atom. The summed E-state index contributed by atoms with van der Waals surface area (Å²) in [6.45, 7) is 4.73. The van der Waals surface area contributed by atoms with E-state index in [1.807, 2.05) is 18.7 Å². The van der Waals surface area contributed by atoms with Gasteiger partial charge in [0.25, 0.3) is 0 Å². The normalized spacial score (nSPS) is 17.0. The minimum absolute atomic E-state index is 0. The fourth-order valence-corrected chi connectivity index (χ4v) is 3.88. The summed E-state index contributed by atoms with van der Waals surface area (Å²) in [4.78, 5) is 36.7. The van der Waals surface area contributed by atoms with Gasteiger partial charge in [0.1, 0.15) is 23.8 Å². The van der Waals surface area contributed by atoms with E-state index in [2.05, 4.69) is 9.97 Å². The summed E-state index contributed by atoms with van der Waals surface area (Å²) < 4.78 is 38.3. The Morgan fingerprint density at radius 3 is 2.62 bits per heavy atom. The Morgan fingerprint density at radius 2 is 1.97 bits per heavy atom. The average Bonchev–Trinajstić information content (AvgIpc) is 2.72. The van der Waals surface area contributed by atoms with Gasteiger partial charge in [0.05, 0.1) is 5.56 Å². The van der Waals surface area contributed by atoms with Crippen molar-refractivity contribution in [3.05, 3.63) is 47.8 Å². The van der Waals surface area contributed by atoms with Gasteiger partial charge in [0, 0.05) is 34.7 Å². The molecule has 2 aromatic rings. The summed E-state index contributed by atoms with van der Waals surface area (Å²) in [6, 6.07) is 7.81. The van der Waals surface area contributed by atoms with Crippen LogP contribution in [0.15, 0.2) is 36.5 Å². The van der Waals surface area contributed by atoms with Crippen molar-refractivity contribution in [3.63, 3.8) is 0 Å². The van der Waals surface area contributed by atoms with Crippen molar-refractivity contribution >= 4 is 23.3 Å². The van der Waals surface area contributed by atoms with Crippen molar-refractivity contribution in [2.24, 2.45) is 5.92 Å². The van der Waals surface area contributed by atoms with Gasteiger partial charge >= 0.3 is 6.18 Å². The van der Waals surface area contributed by atoms with Crippen LogP contribution in [0.2, 0.25) is 0 Å². The van der Waals surface area contributed by atoms with E-state index in [1.165, 1.54) is 11.1 Å². The molecule has 2 N–H and O–H groups in total. The maximum atomic E-state index is 12.8. The highest BCUT2D eigenvalue weighted by atomic mass is 19.4. The van der Waals surface area contributed by atoms with Gasteiger partial charge in [0.15, 0.2) is 0 Å². The summed E-state index contributed by atoms with van der Waals surface area (Å²) in [5.41, 5.74) is 6.24. The van der Waals surface area contributed by atoms with Crippen molar-refractivity contribution in [3.8, 4) is 0 Å². The van der Waals surface area contributed by atoms with E-state index in [9.17, 15) is 22.8 Å². The Hall–Kier alpha value is -3.17. The van der Waals surface area contributed by atoms with E-state index < -0.39 is 18.5 Å². The van der Waals surface area contributed by atoms with Crippen LogP contribution in [0, 0.1) is 5.92 Å². The van der Waals surface area contributed by atoms with Crippen molar-refractivity contribution in [2.45, 2.75) is 38.9 Å². The smallest absolute Gasteiger partial charge is 0.383 e. The highest BCUT2D eigenvalue weighted by Crippen LogP contribution is 2.26. The van der Waals surface area contributed by atoms with E-state index in [4.69, 9.17) is 5.73 Å². The molecule has 0 spiro atoms. The molecule has 1 aliphatic rings. The van der Waals surface area contributed by atoms with Crippen LogP contribution in [-0.4, -0.2) is 58.4 Å². The second-order valence-electron chi connectivity index (χ2n) is 8.25. The first kappa shape index (κ1) is 23.5. The Kier molecular flexibility index (Phi) is 7.00. The molecule has 2 aromatic heterocycles. The highest BCUT2D eigenvalue weighted by molar-refractivity contribution is 6.10. The van der Waals surface area contributed by atoms with Crippen LogP contribution in [-0.2, 0) is 4.79 Å². The second kappa shape index (κ2) is 9.54. The van der Waals surface area contributed by atoms with Crippen LogP contribution in [0.5, 0.6) is 0 Å². The lowest BCUT2D eigenvalue weighted by atomic mass is 9.99. The van der Waals surface area contributed by atoms with Gasteiger partial charge in [-0.25, -0.2) is 9.97 Å². The number of carbonyl (C=O) groups is 2. The van der Waals surface area contributed by atoms with Crippen LogP contribution >= 0.6 is 0 Å². The topological polar surface area (TPSA) is 92.4 Å². The van der Waals surface area contributed by atoms with E-state index in [-0.39, 0.29) is 44.2 Å². The molecule has 1 amide bonds. The molecule has 10 heteroatoms. The zero-order valence-electron chi connectivity index (χ0n) is 18.0. The minimum Gasteiger partial charge on any atom is -0.383 e. The number of halogens is 3. The molecule has 1 aliphatic heterocycles. The number of alkyl halides is 3. The molecule has 0 unspecified atom stereocenters. The number of ketones is 1. The third-order valence-corrected chi connectivity index (χ3v) is 5.27. The minimum atomic E-state index is -4.54. The van der Waals surface area contributed by atoms with E-state index in [1.54, 1.807) is 30.3 Å². The number of nitrogens with two attached hydrogens (primary N) is 1. The standard InChI is InChI=1S/C22H26F3N5O2.2H2/c1-14(2)11-15-13-29(9-10-30(15)19(31)12-22(23,24)25)18-7-3-6-17(28-18)20(32)16-5-4-8-27-21(16)26;;/h3-8,14-15H,9-13H2,1-2H3,(H2,26,27);2*1H/t15-;;/m0../s1. The number of aromatic nitrogens is 2.